The normalized spacial score (nSPS) is 28.6. The number of carbonyl (C=O) groups is 2. The fourth-order valence-corrected chi connectivity index (χ4v) is 1.48. The summed E-state index contributed by atoms with van der Waals surface area (Å²) in [5, 5.41) is 9.72. The minimum absolute atomic E-state index is 0.189. The zero-order valence-corrected chi connectivity index (χ0v) is 7.71. The van der Waals surface area contributed by atoms with Gasteiger partial charge in [0.2, 0.25) is 5.60 Å². The maximum atomic E-state index is 11.3. The number of aliphatic hydroxyl groups is 1. The van der Waals surface area contributed by atoms with Crippen molar-refractivity contribution in [2.24, 2.45) is 0 Å². The minimum atomic E-state index is -1.85. The Morgan fingerprint density at radius 2 is 2.31 bits per heavy atom. The van der Waals surface area contributed by atoms with Gasteiger partial charge in [-0.1, -0.05) is 0 Å². The molecule has 1 unspecified atom stereocenters. The first-order valence-electron chi connectivity index (χ1n) is 4.54. The molecule has 0 saturated heterocycles. The maximum Gasteiger partial charge on any atom is 0.345 e. The van der Waals surface area contributed by atoms with Crippen LogP contribution >= 0.6 is 0 Å². The molecule has 0 radical (unpaired) electrons. The Balaban J connectivity index is 2.71. The average Bonchev–Trinajstić information content (AvgIpc) is 2.11. The van der Waals surface area contributed by atoms with Crippen molar-refractivity contribution in [2.75, 3.05) is 6.61 Å². The minimum Gasteiger partial charge on any atom is -0.464 e. The lowest BCUT2D eigenvalue weighted by Crippen LogP contribution is -2.49. The standard InChI is InChI=1S/C9H14O4/c1-2-13-8(11)9(12)6-4-3-5-7(9)10/h12H,2-6H2,1H3. The van der Waals surface area contributed by atoms with Crippen LogP contribution in [0.5, 0.6) is 0 Å². The van der Waals surface area contributed by atoms with Gasteiger partial charge in [0.1, 0.15) is 0 Å². The fourth-order valence-electron chi connectivity index (χ4n) is 1.48. The van der Waals surface area contributed by atoms with Crippen LogP contribution in [0, 0.1) is 0 Å². The second-order valence-electron chi connectivity index (χ2n) is 3.21. The van der Waals surface area contributed by atoms with Gasteiger partial charge < -0.3 is 9.84 Å². The topological polar surface area (TPSA) is 63.6 Å². The van der Waals surface area contributed by atoms with Gasteiger partial charge in [-0.15, -0.1) is 0 Å². The Bertz CT molecular complexity index is 224. The van der Waals surface area contributed by atoms with Gasteiger partial charge >= 0.3 is 5.97 Å². The first-order valence-corrected chi connectivity index (χ1v) is 4.54. The maximum absolute atomic E-state index is 11.3. The molecule has 13 heavy (non-hydrogen) atoms. The molecule has 0 spiro atoms. The van der Waals surface area contributed by atoms with Crippen LogP contribution in [0.15, 0.2) is 0 Å². The fraction of sp³-hybridized carbons (Fsp3) is 0.778. The lowest BCUT2D eigenvalue weighted by Gasteiger charge is -2.27. The molecular weight excluding hydrogens is 172 g/mol. The van der Waals surface area contributed by atoms with Gasteiger partial charge in [-0.25, -0.2) is 4.79 Å². The Morgan fingerprint density at radius 3 is 2.85 bits per heavy atom. The molecule has 1 fully saturated rings. The highest BCUT2D eigenvalue weighted by Gasteiger charge is 2.46. The summed E-state index contributed by atoms with van der Waals surface area (Å²) in [5.74, 6) is -1.20. The van der Waals surface area contributed by atoms with Crippen molar-refractivity contribution in [3.8, 4) is 0 Å². The van der Waals surface area contributed by atoms with Crippen molar-refractivity contribution in [3.63, 3.8) is 0 Å². The average molecular weight is 186 g/mol. The molecule has 0 bridgehead atoms. The van der Waals surface area contributed by atoms with Gasteiger partial charge in [0.25, 0.3) is 0 Å². The van der Waals surface area contributed by atoms with Crippen LogP contribution in [-0.2, 0) is 14.3 Å². The molecule has 1 rings (SSSR count). The predicted octanol–water partition coefficient (Wildman–Crippen LogP) is 0.424. The molecular formula is C9H14O4. The number of esters is 1. The van der Waals surface area contributed by atoms with Gasteiger partial charge in [0, 0.05) is 6.42 Å². The Hall–Kier alpha value is -0.900. The van der Waals surface area contributed by atoms with E-state index in [1.165, 1.54) is 0 Å². The molecule has 0 aromatic rings. The molecule has 0 aliphatic heterocycles. The molecule has 1 atom stereocenters. The molecule has 74 valence electrons. The first-order chi connectivity index (χ1) is 6.11. The van der Waals surface area contributed by atoms with Crippen LogP contribution in [0.2, 0.25) is 0 Å². The zero-order chi connectivity index (χ0) is 9.90. The van der Waals surface area contributed by atoms with E-state index in [4.69, 9.17) is 0 Å². The summed E-state index contributed by atoms with van der Waals surface area (Å²) in [6, 6.07) is 0. The third-order valence-electron chi connectivity index (χ3n) is 2.27. The zero-order valence-electron chi connectivity index (χ0n) is 7.71. The Morgan fingerprint density at radius 1 is 1.62 bits per heavy atom. The number of rotatable bonds is 2. The predicted molar refractivity (Wildman–Crippen MR) is 45.1 cm³/mol. The van der Waals surface area contributed by atoms with E-state index >= 15 is 0 Å². The van der Waals surface area contributed by atoms with E-state index in [9.17, 15) is 14.7 Å². The summed E-state index contributed by atoms with van der Waals surface area (Å²) in [5.41, 5.74) is -1.85. The summed E-state index contributed by atoms with van der Waals surface area (Å²) in [7, 11) is 0. The lowest BCUT2D eigenvalue weighted by molar-refractivity contribution is -0.172. The van der Waals surface area contributed by atoms with E-state index in [0.29, 0.717) is 6.42 Å². The van der Waals surface area contributed by atoms with Crippen molar-refractivity contribution in [3.05, 3.63) is 0 Å². The van der Waals surface area contributed by atoms with Crippen LogP contribution < -0.4 is 0 Å². The molecule has 0 heterocycles. The summed E-state index contributed by atoms with van der Waals surface area (Å²) in [4.78, 5) is 22.5. The number of hydrogen-bond acceptors (Lipinski definition) is 4. The molecule has 0 amide bonds. The molecule has 1 N–H and O–H groups in total. The van der Waals surface area contributed by atoms with Gasteiger partial charge in [0.15, 0.2) is 5.78 Å². The van der Waals surface area contributed by atoms with Gasteiger partial charge in [-0.3, -0.25) is 4.79 Å². The molecule has 4 heteroatoms. The van der Waals surface area contributed by atoms with Crippen molar-refractivity contribution in [2.45, 2.75) is 38.2 Å². The second kappa shape index (κ2) is 3.87. The smallest absolute Gasteiger partial charge is 0.345 e. The van der Waals surface area contributed by atoms with E-state index in [-0.39, 0.29) is 19.4 Å². The third kappa shape index (κ3) is 1.88. The van der Waals surface area contributed by atoms with Gasteiger partial charge in [0.05, 0.1) is 6.61 Å². The summed E-state index contributed by atoms with van der Waals surface area (Å²) >= 11 is 0. The number of carbonyl (C=O) groups excluding carboxylic acids is 2. The van der Waals surface area contributed by atoms with Crippen LogP contribution in [0.4, 0.5) is 0 Å². The monoisotopic (exact) mass is 186 g/mol. The van der Waals surface area contributed by atoms with Crippen molar-refractivity contribution in [1.82, 2.24) is 0 Å². The van der Waals surface area contributed by atoms with Crippen LogP contribution in [0.3, 0.4) is 0 Å². The largest absolute Gasteiger partial charge is 0.464 e. The SMILES string of the molecule is CCOC(=O)C1(O)CCCCC1=O. The highest BCUT2D eigenvalue weighted by atomic mass is 16.5. The highest BCUT2D eigenvalue weighted by Crippen LogP contribution is 2.26. The third-order valence-corrected chi connectivity index (χ3v) is 2.27. The van der Waals surface area contributed by atoms with Crippen molar-refractivity contribution < 1.29 is 19.4 Å². The van der Waals surface area contributed by atoms with E-state index in [1.54, 1.807) is 6.92 Å². The molecule has 0 aromatic carbocycles. The second-order valence-corrected chi connectivity index (χ2v) is 3.21. The lowest BCUT2D eigenvalue weighted by atomic mass is 9.84. The summed E-state index contributed by atoms with van der Waals surface area (Å²) < 4.78 is 4.64. The Labute approximate surface area is 76.9 Å². The van der Waals surface area contributed by atoms with E-state index in [1.807, 2.05) is 0 Å². The first kappa shape index (κ1) is 10.2. The Kier molecular flexibility index (Phi) is 3.03. The number of Topliss-reactive ketones (excluding diaryl/α,β-unsaturated/α-hetero) is 1. The molecule has 1 saturated carbocycles. The van der Waals surface area contributed by atoms with Crippen LogP contribution in [-0.4, -0.2) is 29.1 Å². The van der Waals surface area contributed by atoms with Crippen LogP contribution in [0.1, 0.15) is 32.6 Å². The molecule has 0 aromatic heterocycles. The number of ketones is 1. The quantitative estimate of drug-likeness (QED) is 0.501. The van der Waals surface area contributed by atoms with Crippen molar-refractivity contribution >= 4 is 11.8 Å². The number of ether oxygens (including phenoxy) is 1. The molecule has 1 aliphatic carbocycles. The molecule has 4 nitrogen and oxygen atoms in total. The summed E-state index contributed by atoms with van der Waals surface area (Å²) in [6.45, 7) is 1.84. The van der Waals surface area contributed by atoms with E-state index < -0.39 is 17.4 Å². The highest BCUT2D eigenvalue weighted by molar-refractivity contribution is 6.07. The van der Waals surface area contributed by atoms with Crippen molar-refractivity contribution in [1.29, 1.82) is 0 Å². The van der Waals surface area contributed by atoms with E-state index in [2.05, 4.69) is 4.74 Å². The number of hydrogen-bond donors (Lipinski definition) is 1. The molecule has 1 aliphatic rings. The van der Waals surface area contributed by atoms with Crippen LogP contribution in [0.25, 0.3) is 0 Å². The van der Waals surface area contributed by atoms with Gasteiger partial charge in [-0.2, -0.15) is 0 Å². The summed E-state index contributed by atoms with van der Waals surface area (Å²) in [6.07, 6.45) is 1.92. The van der Waals surface area contributed by atoms with Gasteiger partial charge in [-0.05, 0) is 26.2 Å². The van der Waals surface area contributed by atoms with E-state index in [0.717, 1.165) is 6.42 Å².